The maximum atomic E-state index is 12.6. The van der Waals surface area contributed by atoms with Gasteiger partial charge < -0.3 is 9.64 Å². The van der Waals surface area contributed by atoms with Gasteiger partial charge in [-0.25, -0.2) is 0 Å². The average molecular weight is 333 g/mol. The van der Waals surface area contributed by atoms with Crippen LogP contribution in [0.2, 0.25) is 0 Å². The molecule has 126 valence electrons. The third-order valence-electron chi connectivity index (χ3n) is 4.38. The zero-order valence-corrected chi connectivity index (χ0v) is 14.1. The molecule has 1 aromatic heterocycles. The Kier molecular flexibility index (Phi) is 4.07. The van der Waals surface area contributed by atoms with Crippen molar-refractivity contribution in [3.05, 3.63) is 72.1 Å². The highest BCUT2D eigenvalue weighted by Gasteiger charge is 2.23. The number of rotatable bonds is 3. The lowest BCUT2D eigenvalue weighted by molar-refractivity contribution is -0.123. The number of anilines is 1. The number of carbonyl (C=O) groups is 1. The van der Waals surface area contributed by atoms with Crippen LogP contribution in [0.3, 0.4) is 0 Å². The Labute approximate surface area is 146 Å². The maximum Gasteiger partial charge on any atom is 0.253 e. The number of aryl methyl sites for hydroxylation is 1. The van der Waals surface area contributed by atoms with Crippen molar-refractivity contribution in [2.24, 2.45) is 7.05 Å². The minimum absolute atomic E-state index is 0.0223. The van der Waals surface area contributed by atoms with Crippen LogP contribution in [-0.4, -0.2) is 22.3 Å². The second kappa shape index (κ2) is 6.53. The molecule has 1 amide bonds. The summed E-state index contributed by atoms with van der Waals surface area (Å²) in [7, 11) is 1.89. The highest BCUT2D eigenvalue weighted by molar-refractivity contribution is 5.96. The lowest BCUT2D eigenvalue weighted by Gasteiger charge is -2.23. The van der Waals surface area contributed by atoms with Gasteiger partial charge in [-0.3, -0.25) is 9.48 Å². The summed E-state index contributed by atoms with van der Waals surface area (Å²) >= 11 is 0. The van der Waals surface area contributed by atoms with Crippen LogP contribution < -0.4 is 4.90 Å². The average Bonchev–Trinajstić information content (AvgIpc) is 3.00. The zero-order chi connectivity index (χ0) is 17.2. The maximum absolute atomic E-state index is 12.6. The Hall–Kier alpha value is -2.92. The van der Waals surface area contributed by atoms with E-state index in [0.717, 1.165) is 27.9 Å². The van der Waals surface area contributed by atoms with E-state index in [1.54, 1.807) is 4.68 Å². The van der Waals surface area contributed by atoms with Crippen LogP contribution in [0.15, 0.2) is 60.9 Å². The van der Waals surface area contributed by atoms with Crippen LogP contribution in [0, 0.1) is 0 Å². The minimum Gasteiger partial charge on any atom is -0.367 e. The molecule has 0 fully saturated rings. The first-order valence-electron chi connectivity index (χ1n) is 8.25. The number of benzene rings is 2. The normalized spacial score (nSPS) is 14.3. The highest BCUT2D eigenvalue weighted by atomic mass is 16.5. The minimum atomic E-state index is -0.0223. The molecule has 4 rings (SSSR count). The van der Waals surface area contributed by atoms with E-state index in [1.807, 2.05) is 60.7 Å². The monoisotopic (exact) mass is 333 g/mol. The molecule has 0 bridgehead atoms. The summed E-state index contributed by atoms with van der Waals surface area (Å²) in [5.74, 6) is -0.0223. The van der Waals surface area contributed by atoms with E-state index >= 15 is 0 Å². The van der Waals surface area contributed by atoms with Crippen molar-refractivity contribution in [3.8, 4) is 11.1 Å². The van der Waals surface area contributed by atoms with Gasteiger partial charge in [0, 0.05) is 24.4 Å². The van der Waals surface area contributed by atoms with Crippen molar-refractivity contribution in [1.29, 1.82) is 0 Å². The van der Waals surface area contributed by atoms with Crippen molar-refractivity contribution in [2.45, 2.75) is 13.2 Å². The molecule has 1 aliphatic rings. The summed E-state index contributed by atoms with van der Waals surface area (Å²) in [6.45, 7) is 1.08. The third kappa shape index (κ3) is 3.19. The molecule has 0 radical (unpaired) electrons. The van der Waals surface area contributed by atoms with Gasteiger partial charge in [0.05, 0.1) is 25.0 Å². The Morgan fingerprint density at radius 1 is 1.08 bits per heavy atom. The van der Waals surface area contributed by atoms with E-state index in [2.05, 4.69) is 17.2 Å². The Bertz CT molecular complexity index is 902. The standard InChI is InChI=1S/C20H19N3O2/c1-22-12-18(10-21-22)16-7-8-17-13-25-14-20(24)23(19(17)9-16)11-15-5-3-2-4-6-15/h2-10,12H,11,13-14H2,1H3. The van der Waals surface area contributed by atoms with Crippen LogP contribution in [0.25, 0.3) is 11.1 Å². The van der Waals surface area contributed by atoms with Gasteiger partial charge in [0.1, 0.15) is 6.61 Å². The van der Waals surface area contributed by atoms with Crippen molar-refractivity contribution in [2.75, 3.05) is 11.5 Å². The molecule has 0 unspecified atom stereocenters. The van der Waals surface area contributed by atoms with Crippen LogP contribution in [-0.2, 0) is 29.7 Å². The first-order chi connectivity index (χ1) is 12.2. The molecule has 0 saturated carbocycles. The van der Waals surface area contributed by atoms with E-state index in [9.17, 15) is 4.79 Å². The van der Waals surface area contributed by atoms with Gasteiger partial charge in [-0.1, -0.05) is 42.5 Å². The second-order valence-electron chi connectivity index (χ2n) is 6.20. The van der Waals surface area contributed by atoms with Crippen LogP contribution >= 0.6 is 0 Å². The zero-order valence-electron chi connectivity index (χ0n) is 14.1. The number of amides is 1. The molecule has 5 heteroatoms. The first kappa shape index (κ1) is 15.6. The number of fused-ring (bicyclic) bond motifs is 1. The van der Waals surface area contributed by atoms with Crippen molar-refractivity contribution < 1.29 is 9.53 Å². The molecular formula is C20H19N3O2. The molecule has 2 heterocycles. The van der Waals surface area contributed by atoms with Gasteiger partial charge >= 0.3 is 0 Å². The second-order valence-corrected chi connectivity index (χ2v) is 6.20. The predicted molar refractivity (Wildman–Crippen MR) is 95.9 cm³/mol. The lowest BCUT2D eigenvalue weighted by Crippen LogP contribution is -2.32. The van der Waals surface area contributed by atoms with Gasteiger partial charge in [-0.15, -0.1) is 0 Å². The number of hydrogen-bond acceptors (Lipinski definition) is 3. The van der Waals surface area contributed by atoms with Crippen LogP contribution in [0.4, 0.5) is 5.69 Å². The molecular weight excluding hydrogens is 314 g/mol. The highest BCUT2D eigenvalue weighted by Crippen LogP contribution is 2.31. The molecule has 0 aliphatic carbocycles. The van der Waals surface area contributed by atoms with E-state index in [0.29, 0.717) is 13.2 Å². The molecule has 0 atom stereocenters. The molecule has 5 nitrogen and oxygen atoms in total. The quantitative estimate of drug-likeness (QED) is 0.740. The van der Waals surface area contributed by atoms with E-state index < -0.39 is 0 Å². The van der Waals surface area contributed by atoms with Gasteiger partial charge in [-0.2, -0.15) is 5.10 Å². The number of nitrogens with zero attached hydrogens (tertiary/aromatic N) is 3. The van der Waals surface area contributed by atoms with Gasteiger partial charge in [0.25, 0.3) is 5.91 Å². The first-order valence-corrected chi connectivity index (χ1v) is 8.25. The summed E-state index contributed by atoms with van der Waals surface area (Å²) in [5.41, 5.74) is 5.10. The number of ether oxygens (including phenoxy) is 1. The third-order valence-corrected chi connectivity index (χ3v) is 4.38. The SMILES string of the molecule is Cn1cc(-c2ccc3c(c2)N(Cc2ccccc2)C(=O)COC3)cn1. The Balaban J connectivity index is 1.76. The Morgan fingerprint density at radius 3 is 2.68 bits per heavy atom. The van der Waals surface area contributed by atoms with Crippen LogP contribution in [0.5, 0.6) is 0 Å². The number of hydrogen-bond donors (Lipinski definition) is 0. The van der Waals surface area contributed by atoms with E-state index in [4.69, 9.17) is 4.74 Å². The molecule has 25 heavy (non-hydrogen) atoms. The van der Waals surface area contributed by atoms with Gasteiger partial charge in [0.15, 0.2) is 0 Å². The fourth-order valence-electron chi connectivity index (χ4n) is 3.09. The number of aromatic nitrogens is 2. The molecule has 3 aromatic rings. The summed E-state index contributed by atoms with van der Waals surface area (Å²) in [4.78, 5) is 14.4. The largest absolute Gasteiger partial charge is 0.367 e. The predicted octanol–water partition coefficient (Wildman–Crippen LogP) is 3.15. The fourth-order valence-corrected chi connectivity index (χ4v) is 3.09. The number of carbonyl (C=O) groups excluding carboxylic acids is 1. The topological polar surface area (TPSA) is 47.4 Å². The summed E-state index contributed by atoms with van der Waals surface area (Å²) in [6, 6.07) is 16.2. The summed E-state index contributed by atoms with van der Waals surface area (Å²) < 4.78 is 7.32. The van der Waals surface area contributed by atoms with Gasteiger partial charge in [0.2, 0.25) is 0 Å². The molecule has 0 N–H and O–H groups in total. The molecule has 0 saturated heterocycles. The molecule has 2 aromatic carbocycles. The van der Waals surface area contributed by atoms with Crippen molar-refractivity contribution in [1.82, 2.24) is 9.78 Å². The van der Waals surface area contributed by atoms with Crippen LogP contribution in [0.1, 0.15) is 11.1 Å². The molecule has 0 spiro atoms. The smallest absolute Gasteiger partial charge is 0.253 e. The van der Waals surface area contributed by atoms with E-state index in [1.165, 1.54) is 0 Å². The Morgan fingerprint density at radius 2 is 1.92 bits per heavy atom. The van der Waals surface area contributed by atoms with Gasteiger partial charge in [-0.05, 0) is 17.2 Å². The van der Waals surface area contributed by atoms with E-state index in [-0.39, 0.29) is 12.5 Å². The summed E-state index contributed by atoms with van der Waals surface area (Å²) in [5, 5.41) is 4.24. The summed E-state index contributed by atoms with van der Waals surface area (Å²) in [6.07, 6.45) is 3.80. The lowest BCUT2D eigenvalue weighted by atomic mass is 10.0. The van der Waals surface area contributed by atoms with Crippen molar-refractivity contribution >= 4 is 11.6 Å². The fraction of sp³-hybridized carbons (Fsp3) is 0.200. The molecule has 1 aliphatic heterocycles. The van der Waals surface area contributed by atoms with Crippen molar-refractivity contribution in [3.63, 3.8) is 0 Å².